The topological polar surface area (TPSA) is 26.0 Å². The Morgan fingerprint density at radius 2 is 2.21 bits per heavy atom. The third kappa shape index (κ3) is 1.78. The quantitative estimate of drug-likeness (QED) is 0.665. The molecule has 2 N–H and O–H groups in total. The highest BCUT2D eigenvalue weighted by Gasteiger charge is 2.05. The van der Waals surface area contributed by atoms with E-state index in [-0.39, 0.29) is 0 Å². The molecule has 0 radical (unpaired) electrons. The summed E-state index contributed by atoms with van der Waals surface area (Å²) in [6.07, 6.45) is 2.10. The Morgan fingerprint density at radius 1 is 1.43 bits per heavy atom. The van der Waals surface area contributed by atoms with Gasteiger partial charge in [0.2, 0.25) is 0 Å². The van der Waals surface area contributed by atoms with E-state index in [1.807, 2.05) is 6.07 Å². The molecule has 0 fully saturated rings. The molecule has 0 saturated heterocycles. The SMILES string of the molecule is CSc1cc2cc(N)sc2cc1CBr. The molecular weight excluding hydrogens is 278 g/mol. The second kappa shape index (κ2) is 4.13. The van der Waals surface area contributed by atoms with E-state index in [0.29, 0.717) is 0 Å². The summed E-state index contributed by atoms with van der Waals surface area (Å²) >= 11 is 6.93. The van der Waals surface area contributed by atoms with Crippen LogP contribution >= 0.6 is 39.0 Å². The molecule has 0 bridgehead atoms. The maximum atomic E-state index is 5.77. The second-order valence-electron chi connectivity index (χ2n) is 2.98. The number of rotatable bonds is 2. The van der Waals surface area contributed by atoms with Crippen LogP contribution in [0.25, 0.3) is 10.1 Å². The van der Waals surface area contributed by atoms with Gasteiger partial charge in [0.1, 0.15) is 0 Å². The molecule has 2 aromatic rings. The molecule has 0 aliphatic carbocycles. The van der Waals surface area contributed by atoms with Crippen molar-refractivity contribution in [1.29, 1.82) is 0 Å². The average Bonchev–Trinajstić information content (AvgIpc) is 2.54. The molecule has 0 atom stereocenters. The van der Waals surface area contributed by atoms with Crippen molar-refractivity contribution in [2.24, 2.45) is 0 Å². The summed E-state index contributed by atoms with van der Waals surface area (Å²) in [6, 6.07) is 6.47. The molecule has 2 rings (SSSR count). The van der Waals surface area contributed by atoms with Gasteiger partial charge in [-0.15, -0.1) is 23.1 Å². The maximum Gasteiger partial charge on any atom is 0.0868 e. The molecule has 1 aromatic carbocycles. The summed E-state index contributed by atoms with van der Waals surface area (Å²) < 4.78 is 1.27. The van der Waals surface area contributed by atoms with Gasteiger partial charge in [-0.1, -0.05) is 15.9 Å². The molecule has 74 valence electrons. The van der Waals surface area contributed by atoms with Crippen LogP contribution in [0, 0.1) is 0 Å². The van der Waals surface area contributed by atoms with Gasteiger partial charge < -0.3 is 5.73 Å². The first-order chi connectivity index (χ1) is 6.74. The van der Waals surface area contributed by atoms with Crippen molar-refractivity contribution in [2.45, 2.75) is 10.2 Å². The Balaban J connectivity index is 2.68. The van der Waals surface area contributed by atoms with E-state index in [2.05, 4.69) is 34.3 Å². The molecular formula is C10H10BrNS2. The Morgan fingerprint density at radius 3 is 2.86 bits per heavy atom. The first-order valence-corrected chi connectivity index (χ1v) is 7.32. The van der Waals surface area contributed by atoms with Crippen molar-refractivity contribution in [3.05, 3.63) is 23.8 Å². The fourth-order valence-electron chi connectivity index (χ4n) is 1.42. The van der Waals surface area contributed by atoms with Gasteiger partial charge in [-0.2, -0.15) is 0 Å². The highest BCUT2D eigenvalue weighted by Crippen LogP contribution is 2.33. The number of nitrogen functional groups attached to an aromatic ring is 1. The summed E-state index contributed by atoms with van der Waals surface area (Å²) in [5, 5.41) is 3.04. The van der Waals surface area contributed by atoms with E-state index >= 15 is 0 Å². The zero-order valence-corrected chi connectivity index (χ0v) is 10.9. The van der Waals surface area contributed by atoms with Crippen molar-refractivity contribution in [2.75, 3.05) is 12.0 Å². The van der Waals surface area contributed by atoms with Gasteiger partial charge in [0.25, 0.3) is 0 Å². The van der Waals surface area contributed by atoms with Gasteiger partial charge >= 0.3 is 0 Å². The zero-order chi connectivity index (χ0) is 10.1. The van der Waals surface area contributed by atoms with Crippen LogP contribution < -0.4 is 5.73 Å². The van der Waals surface area contributed by atoms with Crippen LogP contribution in [0.15, 0.2) is 23.1 Å². The number of anilines is 1. The first kappa shape index (κ1) is 10.3. The summed E-state index contributed by atoms with van der Waals surface area (Å²) in [5.74, 6) is 0. The van der Waals surface area contributed by atoms with E-state index in [9.17, 15) is 0 Å². The van der Waals surface area contributed by atoms with Crippen LogP contribution in [0.4, 0.5) is 5.00 Å². The lowest BCUT2D eigenvalue weighted by Crippen LogP contribution is -1.81. The summed E-state index contributed by atoms with van der Waals surface area (Å²) in [7, 11) is 0. The predicted molar refractivity (Wildman–Crippen MR) is 70.6 cm³/mol. The first-order valence-electron chi connectivity index (χ1n) is 4.16. The van der Waals surface area contributed by atoms with E-state index in [1.165, 1.54) is 20.5 Å². The van der Waals surface area contributed by atoms with E-state index in [0.717, 1.165) is 10.3 Å². The van der Waals surface area contributed by atoms with Gasteiger partial charge in [0, 0.05) is 14.9 Å². The lowest BCUT2D eigenvalue weighted by atomic mass is 10.2. The van der Waals surface area contributed by atoms with Crippen molar-refractivity contribution in [3.63, 3.8) is 0 Å². The van der Waals surface area contributed by atoms with Gasteiger partial charge in [-0.25, -0.2) is 0 Å². The van der Waals surface area contributed by atoms with Crippen LogP contribution in [0.2, 0.25) is 0 Å². The Hall–Kier alpha value is -0.190. The van der Waals surface area contributed by atoms with Crippen molar-refractivity contribution < 1.29 is 0 Å². The molecule has 0 unspecified atom stereocenters. The molecule has 0 spiro atoms. The van der Waals surface area contributed by atoms with Crippen molar-refractivity contribution in [3.8, 4) is 0 Å². The van der Waals surface area contributed by atoms with Crippen LogP contribution in [0.3, 0.4) is 0 Å². The number of fused-ring (bicyclic) bond motifs is 1. The third-order valence-electron chi connectivity index (χ3n) is 2.08. The lowest BCUT2D eigenvalue weighted by Gasteiger charge is -2.03. The summed E-state index contributed by atoms with van der Waals surface area (Å²) in [4.78, 5) is 1.33. The molecule has 0 amide bonds. The molecule has 14 heavy (non-hydrogen) atoms. The molecule has 4 heteroatoms. The summed E-state index contributed by atoms with van der Waals surface area (Å²) in [5.41, 5.74) is 7.11. The van der Waals surface area contributed by atoms with E-state index < -0.39 is 0 Å². The van der Waals surface area contributed by atoms with Crippen LogP contribution in [-0.2, 0) is 5.33 Å². The average molecular weight is 288 g/mol. The minimum atomic E-state index is 0.888. The highest BCUT2D eigenvalue weighted by atomic mass is 79.9. The normalized spacial score (nSPS) is 11.0. The number of benzene rings is 1. The Labute approximate surface area is 99.8 Å². The smallest absolute Gasteiger partial charge is 0.0868 e. The number of alkyl halides is 1. The number of hydrogen-bond acceptors (Lipinski definition) is 3. The summed E-state index contributed by atoms with van der Waals surface area (Å²) in [6.45, 7) is 0. The number of nitrogens with two attached hydrogens (primary N) is 1. The van der Waals surface area contributed by atoms with Crippen LogP contribution in [0.5, 0.6) is 0 Å². The van der Waals surface area contributed by atoms with Gasteiger partial charge in [-0.3, -0.25) is 0 Å². The van der Waals surface area contributed by atoms with Crippen molar-refractivity contribution >= 4 is 54.1 Å². The molecule has 0 aliphatic rings. The zero-order valence-electron chi connectivity index (χ0n) is 7.71. The second-order valence-corrected chi connectivity index (χ2v) is 5.51. The largest absolute Gasteiger partial charge is 0.391 e. The fourth-order valence-corrected chi connectivity index (χ4v) is 3.59. The van der Waals surface area contributed by atoms with Gasteiger partial charge in [0.05, 0.1) is 5.00 Å². The predicted octanol–water partition coefficient (Wildman–Crippen LogP) is 4.10. The number of thioether (sulfide) groups is 1. The number of hydrogen-bond donors (Lipinski definition) is 1. The molecule has 1 heterocycles. The molecule has 1 aromatic heterocycles. The molecule has 1 nitrogen and oxygen atoms in total. The Kier molecular flexibility index (Phi) is 3.04. The highest BCUT2D eigenvalue weighted by molar-refractivity contribution is 9.08. The van der Waals surface area contributed by atoms with E-state index in [1.54, 1.807) is 23.1 Å². The monoisotopic (exact) mass is 287 g/mol. The number of halogens is 1. The standard InChI is InChI=1S/C10H10BrNS2/c1-13-8-2-6-4-10(12)14-9(6)3-7(8)5-11/h2-4H,5,12H2,1H3. The minimum Gasteiger partial charge on any atom is -0.391 e. The van der Waals surface area contributed by atoms with E-state index in [4.69, 9.17) is 5.73 Å². The molecule has 0 saturated carbocycles. The minimum absolute atomic E-state index is 0.888. The van der Waals surface area contributed by atoms with Gasteiger partial charge in [-0.05, 0) is 35.4 Å². The van der Waals surface area contributed by atoms with Crippen LogP contribution in [-0.4, -0.2) is 6.26 Å². The van der Waals surface area contributed by atoms with Gasteiger partial charge in [0.15, 0.2) is 0 Å². The molecule has 0 aliphatic heterocycles. The van der Waals surface area contributed by atoms with Crippen LogP contribution in [0.1, 0.15) is 5.56 Å². The Bertz CT molecular complexity index is 423. The van der Waals surface area contributed by atoms with Crippen molar-refractivity contribution in [1.82, 2.24) is 0 Å². The third-order valence-corrected chi connectivity index (χ3v) is 4.43. The maximum absolute atomic E-state index is 5.77. The number of thiophene rings is 1. The lowest BCUT2D eigenvalue weighted by molar-refractivity contribution is 1.31. The fraction of sp³-hybridized carbons (Fsp3) is 0.200.